The van der Waals surface area contributed by atoms with E-state index in [-0.39, 0.29) is 29.7 Å². The number of hydrogen-bond acceptors (Lipinski definition) is 3. The number of sulfonamides is 1. The zero-order valence-corrected chi connectivity index (χ0v) is 14.2. The molecule has 2 rings (SSSR count). The molecule has 6 nitrogen and oxygen atoms in total. The van der Waals surface area contributed by atoms with Gasteiger partial charge in [0.25, 0.3) is 0 Å². The fourth-order valence-electron chi connectivity index (χ4n) is 2.21. The molecule has 0 unspecified atom stereocenters. The molecule has 112 valence electrons. The standard InChI is InChI=1S/C11H22N4O2S.HI/c12-11(14-9-10-3-1-4-10)13-5-7-15-6-2-8-18(15,16)17;/h10H,1-9H2,(H3,12,13,14);1H. The molecule has 1 aliphatic carbocycles. The molecule has 2 aliphatic rings. The summed E-state index contributed by atoms with van der Waals surface area (Å²) in [6, 6.07) is 0. The first kappa shape index (κ1) is 17.0. The first-order valence-corrected chi connectivity index (χ1v) is 8.20. The van der Waals surface area contributed by atoms with Crippen molar-refractivity contribution in [3.05, 3.63) is 0 Å². The molecule has 0 spiro atoms. The van der Waals surface area contributed by atoms with Crippen LogP contribution < -0.4 is 11.1 Å². The van der Waals surface area contributed by atoms with E-state index in [1.165, 1.54) is 23.6 Å². The zero-order chi connectivity index (χ0) is 13.0. The maximum atomic E-state index is 11.5. The van der Waals surface area contributed by atoms with E-state index < -0.39 is 10.0 Å². The van der Waals surface area contributed by atoms with E-state index in [0.29, 0.717) is 31.5 Å². The fraction of sp³-hybridized carbons (Fsp3) is 0.909. The quantitative estimate of drug-likeness (QED) is 0.395. The lowest BCUT2D eigenvalue weighted by Gasteiger charge is -2.23. The van der Waals surface area contributed by atoms with Gasteiger partial charge in [-0.1, -0.05) is 6.42 Å². The van der Waals surface area contributed by atoms with Gasteiger partial charge in [-0.05, 0) is 25.2 Å². The highest BCUT2D eigenvalue weighted by Gasteiger charge is 2.27. The first-order chi connectivity index (χ1) is 8.58. The van der Waals surface area contributed by atoms with Crippen molar-refractivity contribution < 1.29 is 8.42 Å². The van der Waals surface area contributed by atoms with E-state index in [4.69, 9.17) is 5.73 Å². The van der Waals surface area contributed by atoms with Crippen LogP contribution in [0.1, 0.15) is 25.7 Å². The average Bonchev–Trinajstić information content (AvgIpc) is 2.56. The molecule has 0 aromatic heterocycles. The Hall–Kier alpha value is -0.0900. The molecule has 0 amide bonds. The smallest absolute Gasteiger partial charge is 0.214 e. The van der Waals surface area contributed by atoms with Gasteiger partial charge < -0.3 is 11.1 Å². The number of nitrogens with one attached hydrogen (secondary N) is 1. The third-order valence-electron chi connectivity index (χ3n) is 3.62. The second-order valence-electron chi connectivity index (χ2n) is 5.02. The summed E-state index contributed by atoms with van der Waals surface area (Å²) in [5, 5.41) is 2.97. The normalized spacial score (nSPS) is 23.7. The summed E-state index contributed by atoms with van der Waals surface area (Å²) in [5.41, 5.74) is 5.72. The lowest BCUT2D eigenvalue weighted by molar-refractivity contribution is 0.326. The summed E-state index contributed by atoms with van der Waals surface area (Å²) in [6.07, 6.45) is 4.54. The fourth-order valence-corrected chi connectivity index (χ4v) is 3.74. The van der Waals surface area contributed by atoms with Gasteiger partial charge in [0.2, 0.25) is 10.0 Å². The van der Waals surface area contributed by atoms with E-state index in [0.717, 1.165) is 13.0 Å². The minimum atomic E-state index is -2.99. The predicted octanol–water partition coefficient (Wildman–Crippen LogP) is 0.344. The van der Waals surface area contributed by atoms with E-state index in [9.17, 15) is 8.42 Å². The number of nitrogens with two attached hydrogens (primary N) is 1. The monoisotopic (exact) mass is 402 g/mol. The Labute approximate surface area is 132 Å². The van der Waals surface area contributed by atoms with E-state index >= 15 is 0 Å². The summed E-state index contributed by atoms with van der Waals surface area (Å²) < 4.78 is 24.6. The van der Waals surface area contributed by atoms with Crippen LogP contribution in [0, 0.1) is 5.92 Å². The second kappa shape index (κ2) is 7.63. The van der Waals surface area contributed by atoms with E-state index in [2.05, 4.69) is 10.3 Å². The summed E-state index contributed by atoms with van der Waals surface area (Å²) in [7, 11) is -2.99. The van der Waals surface area contributed by atoms with Crippen molar-refractivity contribution >= 4 is 40.0 Å². The van der Waals surface area contributed by atoms with Crippen molar-refractivity contribution in [1.29, 1.82) is 0 Å². The van der Waals surface area contributed by atoms with E-state index in [1.807, 2.05) is 0 Å². The van der Waals surface area contributed by atoms with Gasteiger partial charge in [0.15, 0.2) is 5.96 Å². The molecule has 0 radical (unpaired) electrons. The highest BCUT2D eigenvalue weighted by molar-refractivity contribution is 14.0. The van der Waals surface area contributed by atoms with Gasteiger partial charge in [-0.2, -0.15) is 0 Å². The lowest BCUT2D eigenvalue weighted by atomic mass is 9.86. The summed E-state index contributed by atoms with van der Waals surface area (Å²) in [4.78, 5) is 4.26. The van der Waals surface area contributed by atoms with Gasteiger partial charge in [0.1, 0.15) is 0 Å². The maximum Gasteiger partial charge on any atom is 0.214 e. The number of aliphatic imine (C=N–C) groups is 1. The van der Waals surface area contributed by atoms with Crippen LogP contribution in [0.5, 0.6) is 0 Å². The minimum Gasteiger partial charge on any atom is -0.370 e. The van der Waals surface area contributed by atoms with Crippen LogP contribution in [0.2, 0.25) is 0 Å². The lowest BCUT2D eigenvalue weighted by Crippen LogP contribution is -2.39. The Balaban J connectivity index is 0.00000180. The molecule has 1 aliphatic heterocycles. The third-order valence-corrected chi connectivity index (χ3v) is 5.57. The molecular weight excluding hydrogens is 379 g/mol. The van der Waals surface area contributed by atoms with Crippen LogP contribution >= 0.6 is 24.0 Å². The van der Waals surface area contributed by atoms with Gasteiger partial charge in [-0.25, -0.2) is 12.7 Å². The highest BCUT2D eigenvalue weighted by Crippen LogP contribution is 2.26. The van der Waals surface area contributed by atoms with Crippen LogP contribution in [0.4, 0.5) is 0 Å². The molecule has 3 N–H and O–H groups in total. The molecule has 1 saturated carbocycles. The molecular formula is C11H23IN4O2S. The first-order valence-electron chi connectivity index (χ1n) is 6.59. The number of hydrogen-bond donors (Lipinski definition) is 2. The van der Waals surface area contributed by atoms with Crippen LogP contribution in [0.15, 0.2) is 4.99 Å². The van der Waals surface area contributed by atoms with Crippen molar-refractivity contribution in [3.63, 3.8) is 0 Å². The zero-order valence-electron chi connectivity index (χ0n) is 11.0. The summed E-state index contributed by atoms with van der Waals surface area (Å²) in [6.45, 7) is 2.42. The molecule has 8 heteroatoms. The van der Waals surface area contributed by atoms with Crippen LogP contribution in [0.3, 0.4) is 0 Å². The largest absolute Gasteiger partial charge is 0.370 e. The second-order valence-corrected chi connectivity index (χ2v) is 7.11. The average molecular weight is 402 g/mol. The van der Waals surface area contributed by atoms with Gasteiger partial charge >= 0.3 is 0 Å². The SMILES string of the molecule is I.NC(=NCC1CCC1)NCCN1CCCS1(=O)=O. The van der Waals surface area contributed by atoms with Gasteiger partial charge in [-0.15, -0.1) is 24.0 Å². The molecule has 0 bridgehead atoms. The maximum absolute atomic E-state index is 11.5. The Bertz CT molecular complexity index is 409. The Morgan fingerprint density at radius 2 is 2.11 bits per heavy atom. The van der Waals surface area contributed by atoms with Gasteiger partial charge in [-0.3, -0.25) is 4.99 Å². The Morgan fingerprint density at radius 1 is 1.37 bits per heavy atom. The van der Waals surface area contributed by atoms with Crippen molar-refractivity contribution in [2.24, 2.45) is 16.6 Å². The molecule has 19 heavy (non-hydrogen) atoms. The van der Waals surface area contributed by atoms with Gasteiger partial charge in [0, 0.05) is 26.2 Å². The number of halogens is 1. The number of nitrogens with zero attached hydrogens (tertiary/aromatic N) is 2. The molecule has 0 aromatic carbocycles. The topological polar surface area (TPSA) is 87.8 Å². The van der Waals surface area contributed by atoms with Crippen molar-refractivity contribution in [3.8, 4) is 0 Å². The van der Waals surface area contributed by atoms with Crippen molar-refractivity contribution in [2.45, 2.75) is 25.7 Å². The predicted molar refractivity (Wildman–Crippen MR) is 87.2 cm³/mol. The highest BCUT2D eigenvalue weighted by atomic mass is 127. The minimum absolute atomic E-state index is 0. The van der Waals surface area contributed by atoms with Crippen LogP contribution in [0.25, 0.3) is 0 Å². The summed E-state index contributed by atoms with van der Waals surface area (Å²) >= 11 is 0. The van der Waals surface area contributed by atoms with Gasteiger partial charge in [0.05, 0.1) is 5.75 Å². The van der Waals surface area contributed by atoms with Crippen molar-refractivity contribution in [2.75, 3.05) is 31.9 Å². The van der Waals surface area contributed by atoms with E-state index in [1.54, 1.807) is 0 Å². The molecule has 2 fully saturated rings. The number of rotatable bonds is 5. The third kappa shape index (κ3) is 5.07. The Kier molecular flexibility index (Phi) is 6.81. The van der Waals surface area contributed by atoms with Crippen LogP contribution in [-0.4, -0.2) is 50.6 Å². The number of guanidine groups is 1. The summed E-state index contributed by atoms with van der Waals surface area (Å²) in [5.74, 6) is 1.40. The molecule has 0 atom stereocenters. The van der Waals surface area contributed by atoms with Crippen LogP contribution in [-0.2, 0) is 10.0 Å². The molecule has 1 heterocycles. The molecule has 1 saturated heterocycles. The Morgan fingerprint density at radius 3 is 2.63 bits per heavy atom. The van der Waals surface area contributed by atoms with Crippen molar-refractivity contribution in [1.82, 2.24) is 9.62 Å². The molecule has 0 aromatic rings.